The topological polar surface area (TPSA) is 50.8 Å². The number of amides is 1. The van der Waals surface area contributed by atoms with E-state index in [-0.39, 0.29) is 11.9 Å². The number of hydrogen-bond donors (Lipinski definition) is 1. The number of benzene rings is 2. The molecule has 0 heterocycles. The molecule has 0 saturated heterocycles. The first-order valence-corrected chi connectivity index (χ1v) is 8.80. The van der Waals surface area contributed by atoms with Crippen molar-refractivity contribution in [3.8, 4) is 5.75 Å². The van der Waals surface area contributed by atoms with Gasteiger partial charge in [0.1, 0.15) is 12.4 Å². The van der Waals surface area contributed by atoms with Gasteiger partial charge in [0.25, 0.3) is 5.91 Å². The summed E-state index contributed by atoms with van der Waals surface area (Å²) in [5, 5.41) is 3.03. The zero-order valence-electron chi connectivity index (χ0n) is 15.8. The molecular weight excluding hydrogens is 328 g/mol. The van der Waals surface area contributed by atoms with Crippen LogP contribution in [0.1, 0.15) is 15.9 Å². The third kappa shape index (κ3) is 6.50. The van der Waals surface area contributed by atoms with Crippen molar-refractivity contribution in [1.29, 1.82) is 0 Å². The van der Waals surface area contributed by atoms with Gasteiger partial charge in [-0.3, -0.25) is 4.79 Å². The fraction of sp³-hybridized carbons (Fsp3) is 0.381. The van der Waals surface area contributed by atoms with Crippen molar-refractivity contribution in [3.63, 3.8) is 0 Å². The molecule has 26 heavy (non-hydrogen) atoms. The van der Waals surface area contributed by atoms with Crippen LogP contribution in [0, 0.1) is 0 Å². The molecule has 2 rings (SSSR count). The zero-order chi connectivity index (χ0) is 18.8. The number of methoxy groups -OCH3 is 1. The van der Waals surface area contributed by atoms with E-state index in [2.05, 4.69) is 22.3 Å². The van der Waals surface area contributed by atoms with Gasteiger partial charge in [0.05, 0.1) is 6.61 Å². The number of carbonyl (C=O) groups excluding carboxylic acids is 1. The van der Waals surface area contributed by atoms with Gasteiger partial charge in [-0.25, -0.2) is 0 Å². The standard InChI is InChI=1S/C21H28N2O3/c1-23(2)19(14-17-8-5-4-6-9-17)16-22-21(24)18-10-7-11-20(15-18)26-13-12-25-3/h4-11,15,19H,12-14,16H2,1-3H3,(H,22,24). The molecule has 0 aliphatic carbocycles. The van der Waals surface area contributed by atoms with Crippen LogP contribution in [0.25, 0.3) is 0 Å². The molecule has 1 N–H and O–H groups in total. The van der Waals surface area contributed by atoms with Gasteiger partial charge in [-0.15, -0.1) is 0 Å². The smallest absolute Gasteiger partial charge is 0.251 e. The molecule has 1 unspecified atom stereocenters. The second kappa shape index (κ2) is 10.6. The fourth-order valence-electron chi connectivity index (χ4n) is 2.61. The van der Waals surface area contributed by atoms with E-state index in [0.717, 1.165) is 6.42 Å². The molecular formula is C21H28N2O3. The number of hydrogen-bond acceptors (Lipinski definition) is 4. The number of carbonyl (C=O) groups is 1. The van der Waals surface area contributed by atoms with Crippen molar-refractivity contribution in [1.82, 2.24) is 10.2 Å². The first kappa shape index (κ1) is 19.9. The molecule has 0 bridgehead atoms. The van der Waals surface area contributed by atoms with E-state index in [1.807, 2.05) is 44.4 Å². The average molecular weight is 356 g/mol. The first-order valence-electron chi connectivity index (χ1n) is 8.80. The quantitative estimate of drug-likeness (QED) is 0.665. The Hall–Kier alpha value is -2.37. The Morgan fingerprint density at radius 3 is 2.54 bits per heavy atom. The predicted octanol–water partition coefficient (Wildman–Crippen LogP) is 2.61. The molecule has 0 saturated carbocycles. The largest absolute Gasteiger partial charge is 0.491 e. The zero-order valence-corrected chi connectivity index (χ0v) is 15.8. The maximum Gasteiger partial charge on any atom is 0.251 e. The highest BCUT2D eigenvalue weighted by molar-refractivity contribution is 5.94. The fourth-order valence-corrected chi connectivity index (χ4v) is 2.61. The van der Waals surface area contributed by atoms with Crippen molar-refractivity contribution in [3.05, 3.63) is 65.7 Å². The van der Waals surface area contributed by atoms with Crippen molar-refractivity contribution in [2.24, 2.45) is 0 Å². The molecule has 0 spiro atoms. The van der Waals surface area contributed by atoms with Gasteiger partial charge in [0.15, 0.2) is 0 Å². The number of ether oxygens (including phenoxy) is 2. The predicted molar refractivity (Wildman–Crippen MR) is 104 cm³/mol. The number of nitrogens with zero attached hydrogens (tertiary/aromatic N) is 1. The van der Waals surface area contributed by atoms with Crippen LogP contribution >= 0.6 is 0 Å². The Morgan fingerprint density at radius 2 is 1.85 bits per heavy atom. The maximum absolute atomic E-state index is 12.5. The number of likely N-dealkylation sites (N-methyl/N-ethyl adjacent to an activating group) is 1. The molecule has 1 atom stereocenters. The van der Waals surface area contributed by atoms with E-state index >= 15 is 0 Å². The van der Waals surface area contributed by atoms with E-state index < -0.39 is 0 Å². The molecule has 0 radical (unpaired) electrons. The van der Waals surface area contributed by atoms with Gasteiger partial charge < -0.3 is 19.7 Å². The highest BCUT2D eigenvalue weighted by Gasteiger charge is 2.15. The average Bonchev–Trinajstić information content (AvgIpc) is 2.66. The van der Waals surface area contributed by atoms with Crippen LogP contribution in [-0.2, 0) is 11.2 Å². The van der Waals surface area contributed by atoms with Crippen LogP contribution in [0.3, 0.4) is 0 Å². The molecule has 0 aliphatic rings. The third-order valence-corrected chi connectivity index (χ3v) is 4.20. The summed E-state index contributed by atoms with van der Waals surface area (Å²) >= 11 is 0. The van der Waals surface area contributed by atoms with E-state index in [0.29, 0.717) is 31.1 Å². The van der Waals surface area contributed by atoms with Crippen LogP contribution in [0.2, 0.25) is 0 Å². The third-order valence-electron chi connectivity index (χ3n) is 4.20. The van der Waals surface area contributed by atoms with E-state index in [1.165, 1.54) is 5.56 Å². The molecule has 1 amide bonds. The molecule has 2 aromatic rings. The minimum absolute atomic E-state index is 0.0953. The summed E-state index contributed by atoms with van der Waals surface area (Å²) in [4.78, 5) is 14.6. The monoisotopic (exact) mass is 356 g/mol. The number of rotatable bonds is 10. The summed E-state index contributed by atoms with van der Waals surface area (Å²) in [6.45, 7) is 1.55. The van der Waals surface area contributed by atoms with Gasteiger partial charge in [0, 0.05) is 25.3 Å². The Balaban J connectivity index is 1.92. The van der Waals surface area contributed by atoms with Gasteiger partial charge in [-0.2, -0.15) is 0 Å². The molecule has 140 valence electrons. The summed E-state index contributed by atoms with van der Waals surface area (Å²) in [5.41, 5.74) is 1.85. The Kier molecular flexibility index (Phi) is 8.12. The van der Waals surface area contributed by atoms with Crippen LogP contribution in [-0.4, -0.2) is 57.8 Å². The van der Waals surface area contributed by atoms with E-state index in [1.54, 1.807) is 19.2 Å². The van der Waals surface area contributed by atoms with Gasteiger partial charge in [-0.1, -0.05) is 36.4 Å². The maximum atomic E-state index is 12.5. The summed E-state index contributed by atoms with van der Waals surface area (Å²) in [6, 6.07) is 17.7. The molecule has 5 nitrogen and oxygen atoms in total. The highest BCUT2D eigenvalue weighted by Crippen LogP contribution is 2.13. The van der Waals surface area contributed by atoms with Gasteiger partial charge >= 0.3 is 0 Å². The van der Waals surface area contributed by atoms with E-state index in [9.17, 15) is 4.79 Å². The summed E-state index contributed by atoms with van der Waals surface area (Å²) in [6.07, 6.45) is 0.883. The number of nitrogens with one attached hydrogen (secondary N) is 1. The molecule has 0 fully saturated rings. The Labute approximate surface area is 155 Å². The SMILES string of the molecule is COCCOc1cccc(C(=O)NCC(Cc2ccccc2)N(C)C)c1. The Morgan fingerprint density at radius 1 is 1.08 bits per heavy atom. The normalized spacial score (nSPS) is 12.0. The minimum atomic E-state index is -0.0953. The lowest BCUT2D eigenvalue weighted by atomic mass is 10.0. The lowest BCUT2D eigenvalue weighted by Gasteiger charge is -2.25. The summed E-state index contributed by atoms with van der Waals surface area (Å²) in [7, 11) is 5.69. The van der Waals surface area contributed by atoms with Crippen LogP contribution in [0.4, 0.5) is 0 Å². The van der Waals surface area contributed by atoms with Gasteiger partial charge in [-0.05, 0) is 44.3 Å². The molecule has 2 aromatic carbocycles. The van der Waals surface area contributed by atoms with Crippen LogP contribution < -0.4 is 10.1 Å². The summed E-state index contributed by atoms with van der Waals surface area (Å²) in [5.74, 6) is 0.574. The molecule has 0 aliphatic heterocycles. The van der Waals surface area contributed by atoms with Crippen LogP contribution in [0.5, 0.6) is 5.75 Å². The van der Waals surface area contributed by atoms with Crippen molar-refractivity contribution < 1.29 is 14.3 Å². The van der Waals surface area contributed by atoms with Gasteiger partial charge in [0.2, 0.25) is 0 Å². The highest BCUT2D eigenvalue weighted by atomic mass is 16.5. The van der Waals surface area contributed by atoms with Crippen LogP contribution in [0.15, 0.2) is 54.6 Å². The molecule has 0 aromatic heterocycles. The minimum Gasteiger partial charge on any atom is -0.491 e. The second-order valence-corrected chi connectivity index (χ2v) is 6.39. The second-order valence-electron chi connectivity index (χ2n) is 6.39. The van der Waals surface area contributed by atoms with Crippen molar-refractivity contribution in [2.45, 2.75) is 12.5 Å². The first-order chi connectivity index (χ1) is 12.6. The Bertz CT molecular complexity index is 674. The lowest BCUT2D eigenvalue weighted by molar-refractivity contribution is 0.0941. The summed E-state index contributed by atoms with van der Waals surface area (Å²) < 4.78 is 10.5. The van der Waals surface area contributed by atoms with E-state index in [4.69, 9.17) is 9.47 Å². The van der Waals surface area contributed by atoms with Crippen molar-refractivity contribution >= 4 is 5.91 Å². The van der Waals surface area contributed by atoms with Crippen molar-refractivity contribution in [2.75, 3.05) is 41.0 Å². The lowest BCUT2D eigenvalue weighted by Crippen LogP contribution is -2.41. The molecule has 5 heteroatoms.